The van der Waals surface area contributed by atoms with Gasteiger partial charge in [0.1, 0.15) is 0 Å². The van der Waals surface area contributed by atoms with Crippen LogP contribution in [0.25, 0.3) is 0 Å². The third-order valence-corrected chi connectivity index (χ3v) is 3.89. The second-order valence-electron chi connectivity index (χ2n) is 5.03. The highest BCUT2D eigenvalue weighted by molar-refractivity contribution is 6.30. The van der Waals surface area contributed by atoms with Gasteiger partial charge in [0.2, 0.25) is 5.91 Å². The average Bonchev–Trinajstić information content (AvgIpc) is 2.39. The molecule has 1 aromatic rings. The monoisotopic (exact) mass is 282 g/mol. The number of benzene rings is 1. The number of piperidine rings is 1. The van der Waals surface area contributed by atoms with Crippen LogP contribution in [-0.4, -0.2) is 24.1 Å². The molecule has 1 aliphatic heterocycles. The van der Waals surface area contributed by atoms with E-state index in [1.807, 2.05) is 12.1 Å². The van der Waals surface area contributed by atoms with Crippen LogP contribution in [0.5, 0.6) is 0 Å². The molecule has 0 aromatic heterocycles. The van der Waals surface area contributed by atoms with Crippen molar-refractivity contribution in [3.63, 3.8) is 0 Å². The molecule has 0 atom stereocenters. The van der Waals surface area contributed by atoms with E-state index < -0.39 is 0 Å². The van der Waals surface area contributed by atoms with Gasteiger partial charge in [-0.3, -0.25) is 4.79 Å². The quantitative estimate of drug-likeness (QED) is 0.887. The molecular formula is C14H19ClN2O2. The van der Waals surface area contributed by atoms with Crippen LogP contribution in [0, 0.1) is 5.92 Å². The molecule has 1 heterocycles. The summed E-state index contributed by atoms with van der Waals surface area (Å²) in [6.45, 7) is 1.75. The first kappa shape index (κ1) is 14.2. The molecule has 1 saturated heterocycles. The predicted molar refractivity (Wildman–Crippen MR) is 76.1 cm³/mol. The Morgan fingerprint density at radius 3 is 2.68 bits per heavy atom. The van der Waals surface area contributed by atoms with Gasteiger partial charge in [-0.15, -0.1) is 0 Å². The number of amides is 1. The van der Waals surface area contributed by atoms with Gasteiger partial charge in [-0.2, -0.15) is 0 Å². The number of halogens is 1. The van der Waals surface area contributed by atoms with Crippen molar-refractivity contribution >= 4 is 23.2 Å². The molecular weight excluding hydrogens is 264 g/mol. The number of hydrogen-bond acceptors (Lipinski definition) is 3. The Balaban J connectivity index is 2.03. The lowest BCUT2D eigenvalue weighted by Gasteiger charge is -2.34. The van der Waals surface area contributed by atoms with Gasteiger partial charge < -0.3 is 15.7 Å². The highest BCUT2D eigenvalue weighted by Gasteiger charge is 2.22. The number of carbonyl (C=O) groups is 1. The number of aliphatic hydroxyl groups excluding tert-OH is 1. The molecule has 104 valence electrons. The number of rotatable bonds is 4. The fourth-order valence-corrected chi connectivity index (χ4v) is 2.85. The molecule has 0 saturated carbocycles. The van der Waals surface area contributed by atoms with Gasteiger partial charge in [-0.25, -0.2) is 0 Å². The normalized spacial score (nSPS) is 16.6. The summed E-state index contributed by atoms with van der Waals surface area (Å²) >= 11 is 5.93. The third-order valence-electron chi connectivity index (χ3n) is 3.66. The van der Waals surface area contributed by atoms with E-state index >= 15 is 0 Å². The number of primary amides is 1. The van der Waals surface area contributed by atoms with Gasteiger partial charge in [0.25, 0.3) is 0 Å². The molecule has 1 amide bonds. The minimum Gasteiger partial charge on any atom is -0.392 e. The molecule has 19 heavy (non-hydrogen) atoms. The van der Waals surface area contributed by atoms with Crippen molar-refractivity contribution in [3.8, 4) is 0 Å². The third kappa shape index (κ3) is 3.61. The zero-order chi connectivity index (χ0) is 13.8. The van der Waals surface area contributed by atoms with Crippen LogP contribution >= 0.6 is 11.6 Å². The summed E-state index contributed by atoms with van der Waals surface area (Å²) in [7, 11) is 0. The largest absolute Gasteiger partial charge is 0.392 e. The second kappa shape index (κ2) is 6.26. The molecule has 4 nitrogen and oxygen atoms in total. The van der Waals surface area contributed by atoms with Gasteiger partial charge in [0.15, 0.2) is 0 Å². The molecule has 5 heteroatoms. The van der Waals surface area contributed by atoms with Gasteiger partial charge in [0.05, 0.1) is 6.61 Å². The topological polar surface area (TPSA) is 66.6 Å². The molecule has 1 aliphatic rings. The Labute approximate surface area is 118 Å². The fourth-order valence-electron chi connectivity index (χ4n) is 2.65. The SMILES string of the molecule is NC(=O)CC1CCN(c2ccc(Cl)cc2CO)CC1. The van der Waals surface area contributed by atoms with Crippen LogP contribution in [-0.2, 0) is 11.4 Å². The van der Waals surface area contributed by atoms with E-state index in [1.54, 1.807) is 6.07 Å². The fraction of sp³-hybridized carbons (Fsp3) is 0.500. The van der Waals surface area contributed by atoms with Crippen LogP contribution in [0.1, 0.15) is 24.8 Å². The molecule has 1 fully saturated rings. The Kier molecular flexibility index (Phi) is 4.66. The van der Waals surface area contributed by atoms with E-state index in [2.05, 4.69) is 4.90 Å². The van der Waals surface area contributed by atoms with Crippen molar-refractivity contribution in [2.45, 2.75) is 25.9 Å². The molecule has 0 bridgehead atoms. The van der Waals surface area contributed by atoms with Crippen molar-refractivity contribution in [1.29, 1.82) is 0 Å². The van der Waals surface area contributed by atoms with Crippen molar-refractivity contribution in [3.05, 3.63) is 28.8 Å². The minimum absolute atomic E-state index is 0.0168. The van der Waals surface area contributed by atoms with E-state index in [0.29, 0.717) is 17.4 Å². The number of nitrogens with zero attached hydrogens (tertiary/aromatic N) is 1. The highest BCUT2D eigenvalue weighted by atomic mass is 35.5. The second-order valence-corrected chi connectivity index (χ2v) is 5.47. The minimum atomic E-state index is -0.221. The van der Waals surface area contributed by atoms with Crippen molar-refractivity contribution < 1.29 is 9.90 Å². The van der Waals surface area contributed by atoms with Gasteiger partial charge >= 0.3 is 0 Å². The predicted octanol–water partition coefficient (Wildman–Crippen LogP) is 1.92. The van der Waals surface area contributed by atoms with Crippen LogP contribution in [0.4, 0.5) is 5.69 Å². The van der Waals surface area contributed by atoms with E-state index in [0.717, 1.165) is 37.2 Å². The summed E-state index contributed by atoms with van der Waals surface area (Å²) in [6.07, 6.45) is 2.38. The molecule has 0 aliphatic carbocycles. The Morgan fingerprint density at radius 2 is 2.11 bits per heavy atom. The number of anilines is 1. The van der Waals surface area contributed by atoms with Crippen LogP contribution in [0.3, 0.4) is 0 Å². The Morgan fingerprint density at radius 1 is 1.42 bits per heavy atom. The molecule has 3 N–H and O–H groups in total. The number of hydrogen-bond donors (Lipinski definition) is 2. The number of carbonyl (C=O) groups excluding carboxylic acids is 1. The van der Waals surface area contributed by atoms with Crippen LogP contribution in [0.2, 0.25) is 5.02 Å². The summed E-state index contributed by atoms with van der Waals surface area (Å²) in [4.78, 5) is 13.2. The lowest BCUT2D eigenvalue weighted by atomic mass is 9.92. The lowest BCUT2D eigenvalue weighted by Crippen LogP contribution is -2.35. The summed E-state index contributed by atoms with van der Waals surface area (Å²) in [5, 5.41) is 10.0. The van der Waals surface area contributed by atoms with Crippen molar-refractivity contribution in [2.75, 3.05) is 18.0 Å². The first-order valence-electron chi connectivity index (χ1n) is 6.52. The first-order valence-corrected chi connectivity index (χ1v) is 6.90. The van der Waals surface area contributed by atoms with E-state index in [4.69, 9.17) is 17.3 Å². The highest BCUT2D eigenvalue weighted by Crippen LogP contribution is 2.29. The zero-order valence-electron chi connectivity index (χ0n) is 10.8. The van der Waals surface area contributed by atoms with Crippen molar-refractivity contribution in [1.82, 2.24) is 0 Å². The summed E-state index contributed by atoms with van der Waals surface area (Å²) in [5.41, 5.74) is 7.11. The molecule has 1 aromatic carbocycles. The van der Waals surface area contributed by atoms with E-state index in [-0.39, 0.29) is 12.5 Å². The summed E-state index contributed by atoms with van der Waals surface area (Å²) in [5.74, 6) is 0.166. The molecule has 0 radical (unpaired) electrons. The Bertz CT molecular complexity index is 457. The summed E-state index contributed by atoms with van der Waals surface area (Å²) in [6, 6.07) is 5.58. The maximum Gasteiger partial charge on any atom is 0.217 e. The molecule has 0 spiro atoms. The van der Waals surface area contributed by atoms with Crippen molar-refractivity contribution in [2.24, 2.45) is 11.7 Å². The number of nitrogens with two attached hydrogens (primary N) is 1. The van der Waals surface area contributed by atoms with E-state index in [1.165, 1.54) is 0 Å². The molecule has 0 unspecified atom stereocenters. The Hall–Kier alpha value is -1.26. The lowest BCUT2D eigenvalue weighted by molar-refractivity contribution is -0.119. The van der Waals surface area contributed by atoms with Crippen LogP contribution < -0.4 is 10.6 Å². The first-order chi connectivity index (χ1) is 9.10. The standard InChI is InChI=1S/C14H19ClN2O2/c15-12-1-2-13(11(8-12)9-18)17-5-3-10(4-6-17)7-14(16)19/h1-2,8,10,18H,3-7,9H2,(H2,16,19). The maximum atomic E-state index is 10.9. The zero-order valence-corrected chi connectivity index (χ0v) is 11.6. The van der Waals surface area contributed by atoms with Gasteiger partial charge in [-0.05, 0) is 37.0 Å². The summed E-state index contributed by atoms with van der Waals surface area (Å²) < 4.78 is 0. The maximum absolute atomic E-state index is 10.9. The smallest absolute Gasteiger partial charge is 0.217 e. The average molecular weight is 283 g/mol. The van der Waals surface area contributed by atoms with Crippen LogP contribution in [0.15, 0.2) is 18.2 Å². The van der Waals surface area contributed by atoms with Gasteiger partial charge in [-0.1, -0.05) is 11.6 Å². The van der Waals surface area contributed by atoms with Gasteiger partial charge in [0, 0.05) is 35.8 Å². The molecule has 2 rings (SSSR count). The number of aliphatic hydroxyl groups is 1. The van der Waals surface area contributed by atoms with E-state index in [9.17, 15) is 9.90 Å².